The van der Waals surface area contributed by atoms with Gasteiger partial charge in [-0.2, -0.15) is 0 Å². The van der Waals surface area contributed by atoms with E-state index in [2.05, 4.69) is 11.6 Å². The summed E-state index contributed by atoms with van der Waals surface area (Å²) in [6.45, 7) is 8.10. The smallest absolute Gasteiger partial charge is 0.270 e. The van der Waals surface area contributed by atoms with Crippen LogP contribution in [0.2, 0.25) is 0 Å². The lowest BCUT2D eigenvalue weighted by Gasteiger charge is -2.32. The van der Waals surface area contributed by atoms with Gasteiger partial charge >= 0.3 is 0 Å². The fraction of sp³-hybridized carbons (Fsp3) is 0.684. The van der Waals surface area contributed by atoms with E-state index >= 15 is 0 Å². The van der Waals surface area contributed by atoms with Crippen LogP contribution in [0.3, 0.4) is 0 Å². The highest BCUT2D eigenvalue weighted by molar-refractivity contribution is 6.08. The van der Waals surface area contributed by atoms with Crippen LogP contribution in [-0.2, 0) is 9.53 Å². The number of piperidine rings is 1. The van der Waals surface area contributed by atoms with Gasteiger partial charge in [-0.15, -0.1) is 0 Å². The first-order valence-electron chi connectivity index (χ1n) is 9.21. The van der Waals surface area contributed by atoms with E-state index in [0.29, 0.717) is 31.9 Å². The zero-order valence-electron chi connectivity index (χ0n) is 15.3. The fourth-order valence-electron chi connectivity index (χ4n) is 3.33. The molecule has 1 saturated carbocycles. The molecule has 2 aliphatic rings. The van der Waals surface area contributed by atoms with Gasteiger partial charge < -0.3 is 20.5 Å². The summed E-state index contributed by atoms with van der Waals surface area (Å²) in [5.74, 6) is -0.0828. The maximum atomic E-state index is 12.8. The SMILES string of the molecule is C=C(C)CN=C1CCCC/C1=C(/N)C(=O)N1CCC(OCCO)CC1. The highest BCUT2D eigenvalue weighted by Crippen LogP contribution is 2.24. The Balaban J connectivity index is 2.02. The van der Waals surface area contributed by atoms with Crippen molar-refractivity contribution in [3.05, 3.63) is 23.4 Å². The normalized spacial score (nSPS) is 23.0. The molecule has 0 aromatic heterocycles. The molecule has 6 heteroatoms. The van der Waals surface area contributed by atoms with Crippen molar-refractivity contribution in [2.75, 3.05) is 32.8 Å². The van der Waals surface area contributed by atoms with Crippen LogP contribution in [-0.4, -0.2) is 60.6 Å². The van der Waals surface area contributed by atoms with Crippen LogP contribution in [0, 0.1) is 0 Å². The van der Waals surface area contributed by atoms with Crippen molar-refractivity contribution in [2.45, 2.75) is 51.6 Å². The van der Waals surface area contributed by atoms with Gasteiger partial charge in [0.2, 0.25) is 0 Å². The number of allylic oxidation sites excluding steroid dienone is 1. The quantitative estimate of drug-likeness (QED) is 0.565. The first-order valence-corrected chi connectivity index (χ1v) is 9.21. The summed E-state index contributed by atoms with van der Waals surface area (Å²) in [5, 5.41) is 8.83. The second-order valence-electron chi connectivity index (χ2n) is 6.91. The molecule has 25 heavy (non-hydrogen) atoms. The second kappa shape index (κ2) is 9.73. The number of hydrogen-bond acceptors (Lipinski definition) is 5. The molecule has 0 aromatic carbocycles. The highest BCUT2D eigenvalue weighted by atomic mass is 16.5. The molecule has 0 spiro atoms. The van der Waals surface area contributed by atoms with E-state index in [0.717, 1.165) is 55.4 Å². The van der Waals surface area contributed by atoms with Crippen LogP contribution in [0.15, 0.2) is 28.4 Å². The summed E-state index contributed by atoms with van der Waals surface area (Å²) in [6.07, 6.45) is 5.53. The number of amides is 1. The molecule has 2 rings (SSSR count). The molecular formula is C19H31N3O3. The lowest BCUT2D eigenvalue weighted by Crippen LogP contribution is -2.43. The number of carbonyl (C=O) groups excluding carboxylic acids is 1. The molecule has 3 N–H and O–H groups in total. The molecule has 1 aliphatic carbocycles. The van der Waals surface area contributed by atoms with Crippen LogP contribution >= 0.6 is 0 Å². The van der Waals surface area contributed by atoms with Gasteiger partial charge in [0.1, 0.15) is 5.70 Å². The third kappa shape index (κ3) is 5.68. The highest BCUT2D eigenvalue weighted by Gasteiger charge is 2.27. The van der Waals surface area contributed by atoms with E-state index in [-0.39, 0.29) is 18.6 Å². The molecule has 0 unspecified atom stereocenters. The predicted molar refractivity (Wildman–Crippen MR) is 99.4 cm³/mol. The Morgan fingerprint density at radius 3 is 2.68 bits per heavy atom. The first-order chi connectivity index (χ1) is 12.0. The summed E-state index contributed by atoms with van der Waals surface area (Å²) in [4.78, 5) is 19.2. The predicted octanol–water partition coefficient (Wildman–Crippen LogP) is 1.79. The number of carbonyl (C=O) groups is 1. The number of aliphatic hydroxyl groups excluding tert-OH is 1. The van der Waals surface area contributed by atoms with E-state index in [1.165, 1.54) is 0 Å². The molecule has 0 radical (unpaired) electrons. The number of likely N-dealkylation sites (tertiary alicyclic amines) is 1. The van der Waals surface area contributed by atoms with Crippen LogP contribution in [0.5, 0.6) is 0 Å². The van der Waals surface area contributed by atoms with Crippen molar-refractivity contribution >= 4 is 11.6 Å². The second-order valence-corrected chi connectivity index (χ2v) is 6.91. The van der Waals surface area contributed by atoms with Gasteiger partial charge in [0.05, 0.1) is 25.9 Å². The van der Waals surface area contributed by atoms with E-state index in [1.54, 1.807) is 0 Å². The number of rotatable bonds is 6. The van der Waals surface area contributed by atoms with Crippen LogP contribution in [0.1, 0.15) is 45.4 Å². The topological polar surface area (TPSA) is 88.2 Å². The summed E-state index contributed by atoms with van der Waals surface area (Å²) in [5.41, 5.74) is 9.52. The number of aliphatic imine (C=N–C) groups is 1. The van der Waals surface area contributed by atoms with Crippen molar-refractivity contribution < 1.29 is 14.6 Å². The lowest BCUT2D eigenvalue weighted by molar-refractivity contribution is -0.130. The van der Waals surface area contributed by atoms with Gasteiger partial charge in [-0.3, -0.25) is 9.79 Å². The Bertz CT molecular complexity index is 546. The zero-order chi connectivity index (χ0) is 18.2. The van der Waals surface area contributed by atoms with Crippen LogP contribution in [0.25, 0.3) is 0 Å². The minimum Gasteiger partial charge on any atom is -0.394 e. The number of aliphatic hydroxyl groups is 1. The van der Waals surface area contributed by atoms with E-state index in [1.807, 2.05) is 11.8 Å². The van der Waals surface area contributed by atoms with Crippen LogP contribution < -0.4 is 5.73 Å². The maximum Gasteiger partial charge on any atom is 0.270 e. The average molecular weight is 349 g/mol. The first kappa shape index (κ1) is 19.7. The number of nitrogens with two attached hydrogens (primary N) is 1. The lowest BCUT2D eigenvalue weighted by atomic mass is 9.90. The molecule has 1 aliphatic heterocycles. The molecule has 1 amide bonds. The summed E-state index contributed by atoms with van der Waals surface area (Å²) < 4.78 is 5.55. The molecule has 0 atom stereocenters. The Kier molecular flexibility index (Phi) is 7.65. The number of hydrogen-bond donors (Lipinski definition) is 2. The summed E-state index contributed by atoms with van der Waals surface area (Å²) >= 11 is 0. The van der Waals surface area contributed by atoms with Crippen molar-refractivity contribution in [1.29, 1.82) is 0 Å². The molecular weight excluding hydrogens is 318 g/mol. The van der Waals surface area contributed by atoms with Gasteiger partial charge in [-0.1, -0.05) is 12.2 Å². The van der Waals surface area contributed by atoms with Gasteiger partial charge in [-0.05, 0) is 45.4 Å². The van der Waals surface area contributed by atoms with Crippen LogP contribution in [0.4, 0.5) is 0 Å². The standard InChI is InChI=1S/C19H31N3O3/c1-14(2)13-21-17-6-4-3-5-16(17)18(20)19(24)22-9-7-15(8-10-22)25-12-11-23/h15,23H,1,3-13,20H2,2H3/b18-16-,21-17?. The molecule has 140 valence electrons. The molecule has 1 heterocycles. The molecule has 1 saturated heterocycles. The molecule has 0 aromatic rings. The van der Waals surface area contributed by atoms with Crippen molar-refractivity contribution in [1.82, 2.24) is 4.90 Å². The largest absolute Gasteiger partial charge is 0.394 e. The molecule has 6 nitrogen and oxygen atoms in total. The molecule has 2 fully saturated rings. The van der Waals surface area contributed by atoms with Gasteiger partial charge in [0.15, 0.2) is 0 Å². The number of nitrogens with zero attached hydrogens (tertiary/aromatic N) is 2. The van der Waals surface area contributed by atoms with E-state index in [4.69, 9.17) is 15.6 Å². The minimum atomic E-state index is -0.0828. The van der Waals surface area contributed by atoms with E-state index in [9.17, 15) is 4.79 Å². The van der Waals surface area contributed by atoms with Gasteiger partial charge in [-0.25, -0.2) is 0 Å². The summed E-state index contributed by atoms with van der Waals surface area (Å²) in [6, 6.07) is 0. The van der Waals surface area contributed by atoms with Crippen molar-refractivity contribution in [3.63, 3.8) is 0 Å². The minimum absolute atomic E-state index is 0.0322. The number of ether oxygens (including phenoxy) is 1. The van der Waals surface area contributed by atoms with Crippen molar-refractivity contribution in [3.8, 4) is 0 Å². The Morgan fingerprint density at radius 1 is 1.36 bits per heavy atom. The Labute approximate surface area is 150 Å². The Hall–Kier alpha value is -1.66. The fourth-order valence-corrected chi connectivity index (χ4v) is 3.33. The summed E-state index contributed by atoms with van der Waals surface area (Å²) in [7, 11) is 0. The maximum absolute atomic E-state index is 12.8. The van der Waals surface area contributed by atoms with E-state index < -0.39 is 0 Å². The van der Waals surface area contributed by atoms with Gasteiger partial charge in [0, 0.05) is 24.4 Å². The third-order valence-electron chi connectivity index (χ3n) is 4.71. The van der Waals surface area contributed by atoms with Crippen molar-refractivity contribution in [2.24, 2.45) is 10.7 Å². The average Bonchev–Trinajstić information content (AvgIpc) is 2.64. The van der Waals surface area contributed by atoms with Gasteiger partial charge in [0.25, 0.3) is 5.91 Å². The third-order valence-corrected chi connectivity index (χ3v) is 4.71. The molecule has 0 bridgehead atoms. The Morgan fingerprint density at radius 2 is 2.04 bits per heavy atom. The zero-order valence-corrected chi connectivity index (χ0v) is 15.3. The monoisotopic (exact) mass is 349 g/mol.